The zero-order chi connectivity index (χ0) is 12.5. The van der Waals surface area contributed by atoms with Gasteiger partial charge in [-0.3, -0.25) is 0 Å². The molecule has 4 heteroatoms. The molecule has 0 amide bonds. The molecule has 0 spiro atoms. The first-order valence-corrected chi connectivity index (χ1v) is 7.15. The highest BCUT2D eigenvalue weighted by Gasteiger charge is 2.38. The van der Waals surface area contributed by atoms with Crippen molar-refractivity contribution in [1.29, 1.82) is 0 Å². The van der Waals surface area contributed by atoms with Gasteiger partial charge in [0.1, 0.15) is 10.6 Å². The third-order valence-electron chi connectivity index (χ3n) is 3.94. The summed E-state index contributed by atoms with van der Waals surface area (Å²) in [6.07, 6.45) is 4.62. The van der Waals surface area contributed by atoms with E-state index < -0.39 is 0 Å². The van der Waals surface area contributed by atoms with E-state index in [0.717, 1.165) is 29.5 Å². The standard InChI is InChI=1S/C13H22N2OS/c1-9-4-6-13(16-3,7-5-9)12-15-10(2)11(8-14)17-12/h9H,4-8,14H2,1-3H3. The molecule has 1 fully saturated rings. The van der Waals surface area contributed by atoms with E-state index in [9.17, 15) is 0 Å². The molecular weight excluding hydrogens is 232 g/mol. The van der Waals surface area contributed by atoms with Gasteiger partial charge in [-0.2, -0.15) is 0 Å². The van der Waals surface area contributed by atoms with E-state index >= 15 is 0 Å². The number of rotatable bonds is 3. The molecule has 96 valence electrons. The molecule has 17 heavy (non-hydrogen) atoms. The normalized spacial score (nSPS) is 29.5. The smallest absolute Gasteiger partial charge is 0.125 e. The van der Waals surface area contributed by atoms with Gasteiger partial charge in [-0.05, 0) is 38.5 Å². The van der Waals surface area contributed by atoms with Crippen molar-refractivity contribution in [1.82, 2.24) is 4.98 Å². The molecule has 1 saturated carbocycles. The molecular formula is C13H22N2OS. The second-order valence-electron chi connectivity index (χ2n) is 5.11. The highest BCUT2D eigenvalue weighted by molar-refractivity contribution is 7.11. The molecule has 3 nitrogen and oxygen atoms in total. The molecule has 1 aliphatic rings. The van der Waals surface area contributed by atoms with Gasteiger partial charge in [-0.15, -0.1) is 11.3 Å². The summed E-state index contributed by atoms with van der Waals surface area (Å²) in [6, 6.07) is 0. The Hall–Kier alpha value is -0.450. The summed E-state index contributed by atoms with van der Waals surface area (Å²) in [4.78, 5) is 5.88. The van der Waals surface area contributed by atoms with E-state index in [4.69, 9.17) is 10.5 Å². The predicted molar refractivity (Wildman–Crippen MR) is 71.1 cm³/mol. The van der Waals surface area contributed by atoms with Crippen molar-refractivity contribution >= 4 is 11.3 Å². The van der Waals surface area contributed by atoms with Gasteiger partial charge >= 0.3 is 0 Å². The van der Waals surface area contributed by atoms with Crippen molar-refractivity contribution in [3.63, 3.8) is 0 Å². The maximum atomic E-state index is 5.83. The number of ether oxygens (including phenoxy) is 1. The first-order valence-electron chi connectivity index (χ1n) is 6.33. The lowest BCUT2D eigenvalue weighted by molar-refractivity contribution is -0.0531. The first-order chi connectivity index (χ1) is 8.11. The number of hydrogen-bond acceptors (Lipinski definition) is 4. The Morgan fingerprint density at radius 1 is 1.47 bits per heavy atom. The number of thiazole rings is 1. The van der Waals surface area contributed by atoms with E-state index in [0.29, 0.717) is 6.54 Å². The molecule has 1 heterocycles. The number of methoxy groups -OCH3 is 1. The summed E-state index contributed by atoms with van der Waals surface area (Å²) in [5, 5.41) is 1.13. The third-order valence-corrected chi connectivity index (χ3v) is 5.31. The van der Waals surface area contributed by atoms with E-state index in [-0.39, 0.29) is 5.60 Å². The summed E-state index contributed by atoms with van der Waals surface area (Å²) >= 11 is 1.73. The molecule has 0 radical (unpaired) electrons. The first kappa shape index (κ1) is 13.0. The van der Waals surface area contributed by atoms with E-state index in [2.05, 4.69) is 11.9 Å². The van der Waals surface area contributed by atoms with Crippen LogP contribution in [0.2, 0.25) is 0 Å². The van der Waals surface area contributed by atoms with Gasteiger partial charge in [-0.1, -0.05) is 6.92 Å². The van der Waals surface area contributed by atoms with Crippen LogP contribution in [0.5, 0.6) is 0 Å². The molecule has 0 saturated heterocycles. The highest BCUT2D eigenvalue weighted by atomic mass is 32.1. The van der Waals surface area contributed by atoms with Gasteiger partial charge in [0.2, 0.25) is 0 Å². The Bertz CT molecular complexity index is 381. The third kappa shape index (κ3) is 2.39. The second kappa shape index (κ2) is 5.04. The minimum absolute atomic E-state index is 0.143. The molecule has 2 rings (SSSR count). The van der Waals surface area contributed by atoms with Crippen LogP contribution in [0.1, 0.15) is 48.2 Å². The lowest BCUT2D eigenvalue weighted by atomic mass is 9.80. The maximum absolute atomic E-state index is 5.83. The van der Waals surface area contributed by atoms with Crippen LogP contribution in [0.15, 0.2) is 0 Å². The Balaban J connectivity index is 2.27. The SMILES string of the molecule is COC1(c2nc(C)c(CN)s2)CCC(C)CC1. The molecule has 0 unspecified atom stereocenters. The summed E-state index contributed by atoms with van der Waals surface area (Å²) in [7, 11) is 1.81. The number of aryl methyl sites for hydroxylation is 1. The highest BCUT2D eigenvalue weighted by Crippen LogP contribution is 2.43. The Morgan fingerprint density at radius 3 is 2.59 bits per heavy atom. The van der Waals surface area contributed by atoms with E-state index in [1.807, 2.05) is 14.0 Å². The van der Waals surface area contributed by atoms with Gasteiger partial charge < -0.3 is 10.5 Å². The topological polar surface area (TPSA) is 48.1 Å². The molecule has 0 atom stereocenters. The fourth-order valence-electron chi connectivity index (χ4n) is 2.55. The largest absolute Gasteiger partial charge is 0.371 e. The molecule has 0 bridgehead atoms. The van der Waals surface area contributed by atoms with Gasteiger partial charge in [0.05, 0.1) is 5.69 Å². The Morgan fingerprint density at radius 2 is 2.12 bits per heavy atom. The van der Waals surface area contributed by atoms with Crippen molar-refractivity contribution in [2.24, 2.45) is 11.7 Å². The van der Waals surface area contributed by atoms with E-state index in [1.54, 1.807) is 11.3 Å². The van der Waals surface area contributed by atoms with Crippen LogP contribution in [0.4, 0.5) is 0 Å². The van der Waals surface area contributed by atoms with Crippen LogP contribution in [-0.2, 0) is 16.9 Å². The van der Waals surface area contributed by atoms with Crippen LogP contribution in [0.25, 0.3) is 0 Å². The van der Waals surface area contributed by atoms with Crippen molar-refractivity contribution in [3.8, 4) is 0 Å². The lowest BCUT2D eigenvalue weighted by Crippen LogP contribution is -2.33. The van der Waals surface area contributed by atoms with Crippen LogP contribution in [0, 0.1) is 12.8 Å². The zero-order valence-electron chi connectivity index (χ0n) is 11.0. The van der Waals surface area contributed by atoms with Gasteiger partial charge in [0, 0.05) is 18.5 Å². The Labute approximate surface area is 107 Å². The molecule has 2 N–H and O–H groups in total. The average molecular weight is 254 g/mol. The van der Waals surface area contributed by atoms with Gasteiger partial charge in [0.15, 0.2) is 0 Å². The lowest BCUT2D eigenvalue weighted by Gasteiger charge is -2.36. The number of hydrogen-bond donors (Lipinski definition) is 1. The molecule has 1 aromatic rings. The van der Waals surface area contributed by atoms with Crippen molar-refractivity contribution < 1.29 is 4.74 Å². The van der Waals surface area contributed by atoms with Crippen molar-refractivity contribution in [3.05, 3.63) is 15.6 Å². The van der Waals surface area contributed by atoms with Crippen LogP contribution in [0.3, 0.4) is 0 Å². The Kier molecular flexibility index (Phi) is 3.85. The van der Waals surface area contributed by atoms with Crippen molar-refractivity contribution in [2.75, 3.05) is 7.11 Å². The van der Waals surface area contributed by atoms with Gasteiger partial charge in [0.25, 0.3) is 0 Å². The summed E-state index contributed by atoms with van der Waals surface area (Å²) < 4.78 is 5.83. The number of nitrogens with zero attached hydrogens (tertiary/aromatic N) is 1. The van der Waals surface area contributed by atoms with Crippen LogP contribution in [-0.4, -0.2) is 12.1 Å². The zero-order valence-corrected chi connectivity index (χ0v) is 11.8. The summed E-state index contributed by atoms with van der Waals surface area (Å²) in [5.41, 5.74) is 6.66. The monoisotopic (exact) mass is 254 g/mol. The van der Waals surface area contributed by atoms with E-state index in [1.165, 1.54) is 17.7 Å². The minimum atomic E-state index is -0.143. The fourth-order valence-corrected chi connectivity index (χ4v) is 3.71. The fraction of sp³-hybridized carbons (Fsp3) is 0.769. The van der Waals surface area contributed by atoms with Gasteiger partial charge in [-0.25, -0.2) is 4.98 Å². The number of nitrogens with two attached hydrogens (primary N) is 1. The molecule has 1 aromatic heterocycles. The average Bonchev–Trinajstić information content (AvgIpc) is 2.72. The van der Waals surface area contributed by atoms with Crippen LogP contribution < -0.4 is 5.73 Å². The predicted octanol–water partition coefficient (Wildman–Crippen LogP) is 2.96. The molecule has 0 aliphatic heterocycles. The summed E-state index contributed by atoms with van der Waals surface area (Å²) in [6.45, 7) is 4.94. The van der Waals surface area contributed by atoms with Crippen LogP contribution >= 0.6 is 11.3 Å². The molecule has 1 aliphatic carbocycles. The summed E-state index contributed by atoms with van der Waals surface area (Å²) in [5.74, 6) is 0.813. The molecule has 0 aromatic carbocycles. The van der Waals surface area contributed by atoms with Crippen molar-refractivity contribution in [2.45, 2.75) is 51.7 Å². The second-order valence-corrected chi connectivity index (χ2v) is 6.20. The maximum Gasteiger partial charge on any atom is 0.125 e. The quantitative estimate of drug-likeness (QED) is 0.902. The number of aromatic nitrogens is 1. The minimum Gasteiger partial charge on any atom is -0.371 e.